The minimum absolute atomic E-state index is 0.0168. The van der Waals surface area contributed by atoms with Gasteiger partial charge in [-0.1, -0.05) is 12.1 Å². The Morgan fingerprint density at radius 1 is 1.22 bits per heavy atom. The van der Waals surface area contributed by atoms with Gasteiger partial charge in [-0.15, -0.1) is 0 Å². The molecule has 1 aliphatic carbocycles. The summed E-state index contributed by atoms with van der Waals surface area (Å²) in [5.74, 6) is 0.503. The van der Waals surface area contributed by atoms with E-state index in [4.69, 9.17) is 5.73 Å². The van der Waals surface area contributed by atoms with Gasteiger partial charge in [0, 0.05) is 12.1 Å². The van der Waals surface area contributed by atoms with E-state index in [9.17, 15) is 8.42 Å². The molecule has 2 unspecified atom stereocenters. The highest BCUT2D eigenvalue weighted by Gasteiger charge is 2.31. The monoisotopic (exact) mass is 268 g/mol. The maximum atomic E-state index is 12.1. The highest BCUT2D eigenvalue weighted by atomic mass is 32.2. The van der Waals surface area contributed by atoms with E-state index in [2.05, 4.69) is 4.72 Å². The lowest BCUT2D eigenvalue weighted by Crippen LogP contribution is -2.34. The molecular formula is C13H20N2O2S. The van der Waals surface area contributed by atoms with E-state index in [1.807, 2.05) is 13.8 Å². The molecule has 0 saturated heterocycles. The number of sulfonamides is 1. The zero-order valence-electron chi connectivity index (χ0n) is 10.8. The van der Waals surface area contributed by atoms with Crippen LogP contribution in [0, 0.1) is 5.92 Å². The Hall–Kier alpha value is -0.910. The van der Waals surface area contributed by atoms with Gasteiger partial charge in [-0.05, 0) is 50.3 Å². The second kappa shape index (κ2) is 4.99. The van der Waals surface area contributed by atoms with Crippen LogP contribution in [0.4, 0.5) is 0 Å². The largest absolute Gasteiger partial charge is 0.324 e. The minimum atomic E-state index is -3.40. The topological polar surface area (TPSA) is 72.2 Å². The average Bonchev–Trinajstić information content (AvgIpc) is 3.12. The third-order valence-corrected chi connectivity index (χ3v) is 4.96. The van der Waals surface area contributed by atoms with Crippen LogP contribution in [0.15, 0.2) is 29.2 Å². The van der Waals surface area contributed by atoms with E-state index < -0.39 is 10.0 Å². The zero-order valence-corrected chi connectivity index (χ0v) is 11.6. The van der Waals surface area contributed by atoms with E-state index in [0.29, 0.717) is 10.8 Å². The van der Waals surface area contributed by atoms with Gasteiger partial charge in [-0.25, -0.2) is 13.1 Å². The van der Waals surface area contributed by atoms with Gasteiger partial charge >= 0.3 is 0 Å². The maximum absolute atomic E-state index is 12.1. The number of nitrogens with two attached hydrogens (primary N) is 1. The molecule has 0 spiro atoms. The molecule has 1 saturated carbocycles. The van der Waals surface area contributed by atoms with Crippen LogP contribution in [-0.4, -0.2) is 14.5 Å². The minimum Gasteiger partial charge on any atom is -0.324 e. The molecule has 0 amide bonds. The molecule has 5 heteroatoms. The SMILES string of the molecule is CC(N)c1ccc(S(=O)(=O)NC(C)C2CC2)cc1. The number of hydrogen-bond donors (Lipinski definition) is 2. The first-order chi connectivity index (χ1) is 8.40. The first kappa shape index (κ1) is 13.5. The summed E-state index contributed by atoms with van der Waals surface area (Å²) in [7, 11) is -3.40. The summed E-state index contributed by atoms with van der Waals surface area (Å²) in [5, 5.41) is 0. The van der Waals surface area contributed by atoms with Crippen LogP contribution >= 0.6 is 0 Å². The van der Waals surface area contributed by atoms with Crippen LogP contribution in [0.25, 0.3) is 0 Å². The lowest BCUT2D eigenvalue weighted by molar-refractivity contribution is 0.538. The Morgan fingerprint density at radius 3 is 2.22 bits per heavy atom. The van der Waals surface area contributed by atoms with Gasteiger partial charge in [-0.3, -0.25) is 0 Å². The fourth-order valence-corrected chi connectivity index (χ4v) is 3.27. The quantitative estimate of drug-likeness (QED) is 0.855. The Balaban J connectivity index is 2.13. The van der Waals surface area contributed by atoms with Gasteiger partial charge < -0.3 is 5.73 Å². The van der Waals surface area contributed by atoms with Crippen molar-refractivity contribution < 1.29 is 8.42 Å². The van der Waals surface area contributed by atoms with Crippen molar-refractivity contribution in [2.24, 2.45) is 11.7 Å². The summed E-state index contributed by atoms with van der Waals surface area (Å²) in [6.07, 6.45) is 2.24. The second-order valence-corrected chi connectivity index (χ2v) is 6.82. The van der Waals surface area contributed by atoms with Crippen LogP contribution < -0.4 is 10.5 Å². The first-order valence-electron chi connectivity index (χ1n) is 6.28. The van der Waals surface area contributed by atoms with Crippen LogP contribution in [0.5, 0.6) is 0 Å². The molecule has 0 bridgehead atoms. The molecule has 0 aliphatic heterocycles. The van der Waals surface area contributed by atoms with E-state index >= 15 is 0 Å². The highest BCUT2D eigenvalue weighted by Crippen LogP contribution is 2.33. The molecule has 0 aromatic heterocycles. The molecular weight excluding hydrogens is 248 g/mol. The molecule has 0 radical (unpaired) electrons. The van der Waals surface area contributed by atoms with E-state index in [-0.39, 0.29) is 12.1 Å². The van der Waals surface area contributed by atoms with Gasteiger partial charge in [0.2, 0.25) is 10.0 Å². The van der Waals surface area contributed by atoms with Crippen molar-refractivity contribution >= 4 is 10.0 Å². The van der Waals surface area contributed by atoms with Gasteiger partial charge in [0.05, 0.1) is 4.90 Å². The zero-order chi connectivity index (χ0) is 13.3. The third-order valence-electron chi connectivity index (χ3n) is 3.39. The Kier molecular flexibility index (Phi) is 3.75. The summed E-state index contributed by atoms with van der Waals surface area (Å²) < 4.78 is 27.0. The number of benzene rings is 1. The normalized spacial score (nSPS) is 19.5. The predicted octanol–water partition coefficient (Wildman–Crippen LogP) is 1.78. The summed E-state index contributed by atoms with van der Waals surface area (Å²) >= 11 is 0. The molecule has 100 valence electrons. The van der Waals surface area contributed by atoms with Crippen molar-refractivity contribution in [1.29, 1.82) is 0 Å². The smallest absolute Gasteiger partial charge is 0.240 e. The van der Waals surface area contributed by atoms with Crippen LogP contribution in [0.1, 0.15) is 38.3 Å². The Bertz CT molecular complexity index is 504. The van der Waals surface area contributed by atoms with Crippen molar-refractivity contribution in [1.82, 2.24) is 4.72 Å². The molecule has 3 N–H and O–H groups in total. The summed E-state index contributed by atoms with van der Waals surface area (Å²) in [6, 6.07) is 6.69. The highest BCUT2D eigenvalue weighted by molar-refractivity contribution is 7.89. The van der Waals surface area contributed by atoms with E-state index in [1.165, 1.54) is 0 Å². The number of rotatable bonds is 5. The van der Waals surface area contributed by atoms with Gasteiger partial charge in [0.15, 0.2) is 0 Å². The van der Waals surface area contributed by atoms with Crippen molar-refractivity contribution in [2.75, 3.05) is 0 Å². The van der Waals surface area contributed by atoms with Gasteiger partial charge in [0.25, 0.3) is 0 Å². The van der Waals surface area contributed by atoms with Crippen LogP contribution in [0.2, 0.25) is 0 Å². The number of hydrogen-bond acceptors (Lipinski definition) is 3. The van der Waals surface area contributed by atoms with Gasteiger partial charge in [0.1, 0.15) is 0 Å². The van der Waals surface area contributed by atoms with E-state index in [0.717, 1.165) is 18.4 Å². The second-order valence-electron chi connectivity index (χ2n) is 5.11. The maximum Gasteiger partial charge on any atom is 0.240 e. The van der Waals surface area contributed by atoms with Crippen molar-refractivity contribution in [3.63, 3.8) is 0 Å². The molecule has 1 aromatic rings. The molecule has 2 rings (SSSR count). The van der Waals surface area contributed by atoms with Crippen molar-refractivity contribution in [3.05, 3.63) is 29.8 Å². The molecule has 1 fully saturated rings. The molecule has 1 aromatic carbocycles. The first-order valence-corrected chi connectivity index (χ1v) is 7.76. The summed E-state index contributed by atoms with van der Waals surface area (Å²) in [6.45, 7) is 3.79. The molecule has 2 atom stereocenters. The Labute approximate surface area is 109 Å². The fraction of sp³-hybridized carbons (Fsp3) is 0.538. The molecule has 0 heterocycles. The van der Waals surface area contributed by atoms with E-state index in [1.54, 1.807) is 24.3 Å². The average molecular weight is 268 g/mol. The molecule has 4 nitrogen and oxygen atoms in total. The third kappa shape index (κ3) is 3.10. The van der Waals surface area contributed by atoms with Crippen LogP contribution in [0.3, 0.4) is 0 Å². The summed E-state index contributed by atoms with van der Waals surface area (Å²) in [5.41, 5.74) is 6.67. The van der Waals surface area contributed by atoms with Crippen molar-refractivity contribution in [2.45, 2.75) is 43.7 Å². The van der Waals surface area contributed by atoms with Crippen molar-refractivity contribution in [3.8, 4) is 0 Å². The van der Waals surface area contributed by atoms with Gasteiger partial charge in [-0.2, -0.15) is 0 Å². The van der Waals surface area contributed by atoms with Crippen LogP contribution in [-0.2, 0) is 10.0 Å². The fourth-order valence-electron chi connectivity index (χ4n) is 1.96. The lowest BCUT2D eigenvalue weighted by Gasteiger charge is -2.14. The lowest BCUT2D eigenvalue weighted by atomic mass is 10.1. The number of nitrogens with one attached hydrogen (secondary N) is 1. The summed E-state index contributed by atoms with van der Waals surface area (Å²) in [4.78, 5) is 0.305. The molecule has 18 heavy (non-hydrogen) atoms. The Morgan fingerprint density at radius 2 is 1.78 bits per heavy atom. The molecule has 1 aliphatic rings. The predicted molar refractivity (Wildman–Crippen MR) is 71.6 cm³/mol. The standard InChI is InChI=1S/C13H20N2O2S/c1-9(14)11-5-7-13(8-6-11)18(16,17)15-10(2)12-3-4-12/h5-10,12,15H,3-4,14H2,1-2H3.